The number of benzene rings is 1. The molecule has 100 valence electrons. The van der Waals surface area contributed by atoms with Gasteiger partial charge in [0, 0.05) is 6.61 Å². The zero-order valence-corrected chi connectivity index (χ0v) is 11.6. The first-order chi connectivity index (χ1) is 8.60. The zero-order chi connectivity index (χ0) is 13.1. The van der Waals surface area contributed by atoms with Crippen LogP contribution in [0.2, 0.25) is 0 Å². The molecule has 0 spiro atoms. The molecule has 2 heteroatoms. The third-order valence-electron chi connectivity index (χ3n) is 3.95. The van der Waals surface area contributed by atoms with Crippen LogP contribution in [-0.4, -0.2) is 17.8 Å². The molecule has 0 amide bonds. The summed E-state index contributed by atoms with van der Waals surface area (Å²) in [6.45, 7) is 6.99. The SMILES string of the molecule is CCOC1CC(CC(O)c2cc(C)ccc2C)C1. The van der Waals surface area contributed by atoms with Gasteiger partial charge in [0.1, 0.15) is 0 Å². The number of rotatable bonds is 5. The number of aliphatic hydroxyl groups excluding tert-OH is 1. The van der Waals surface area contributed by atoms with Crippen LogP contribution in [0.3, 0.4) is 0 Å². The number of hydrogen-bond donors (Lipinski definition) is 1. The molecule has 0 aliphatic heterocycles. The second kappa shape index (κ2) is 5.85. The van der Waals surface area contributed by atoms with Crippen molar-refractivity contribution in [2.24, 2.45) is 5.92 Å². The zero-order valence-electron chi connectivity index (χ0n) is 11.6. The van der Waals surface area contributed by atoms with Crippen molar-refractivity contribution in [1.29, 1.82) is 0 Å². The minimum absolute atomic E-state index is 0.322. The van der Waals surface area contributed by atoms with Gasteiger partial charge in [0.25, 0.3) is 0 Å². The van der Waals surface area contributed by atoms with Crippen LogP contribution in [0.4, 0.5) is 0 Å². The Morgan fingerprint density at radius 2 is 2.06 bits per heavy atom. The normalized spacial score (nSPS) is 24.7. The Balaban J connectivity index is 1.89. The molecular formula is C16H24O2. The van der Waals surface area contributed by atoms with Crippen molar-refractivity contribution in [3.63, 3.8) is 0 Å². The lowest BCUT2D eigenvalue weighted by atomic mass is 9.77. The lowest BCUT2D eigenvalue weighted by Crippen LogP contribution is -2.32. The van der Waals surface area contributed by atoms with E-state index in [1.54, 1.807) is 0 Å². The first-order valence-electron chi connectivity index (χ1n) is 6.97. The van der Waals surface area contributed by atoms with Gasteiger partial charge in [0.2, 0.25) is 0 Å². The summed E-state index contributed by atoms with van der Waals surface area (Å²) >= 11 is 0. The highest BCUT2D eigenvalue weighted by molar-refractivity contribution is 5.32. The number of aryl methyl sites for hydroxylation is 2. The van der Waals surface area contributed by atoms with E-state index >= 15 is 0 Å². The van der Waals surface area contributed by atoms with Gasteiger partial charge in [-0.25, -0.2) is 0 Å². The molecule has 0 heterocycles. The number of ether oxygens (including phenoxy) is 1. The summed E-state index contributed by atoms with van der Waals surface area (Å²) in [6, 6.07) is 6.30. The fourth-order valence-electron chi connectivity index (χ4n) is 2.80. The molecule has 0 saturated heterocycles. The van der Waals surface area contributed by atoms with Crippen LogP contribution >= 0.6 is 0 Å². The smallest absolute Gasteiger partial charge is 0.0795 e. The molecule has 18 heavy (non-hydrogen) atoms. The third-order valence-corrected chi connectivity index (χ3v) is 3.95. The molecule has 1 saturated carbocycles. The fourth-order valence-corrected chi connectivity index (χ4v) is 2.80. The van der Waals surface area contributed by atoms with E-state index in [0.717, 1.165) is 31.4 Å². The molecule has 1 aliphatic carbocycles. The van der Waals surface area contributed by atoms with Gasteiger partial charge in [-0.15, -0.1) is 0 Å². The Hall–Kier alpha value is -0.860. The molecule has 0 bridgehead atoms. The van der Waals surface area contributed by atoms with Crippen LogP contribution in [0.5, 0.6) is 0 Å². The minimum Gasteiger partial charge on any atom is -0.388 e. The van der Waals surface area contributed by atoms with Crippen LogP contribution in [0.25, 0.3) is 0 Å². The van der Waals surface area contributed by atoms with E-state index in [1.165, 1.54) is 11.1 Å². The summed E-state index contributed by atoms with van der Waals surface area (Å²) in [5, 5.41) is 10.3. The van der Waals surface area contributed by atoms with Gasteiger partial charge in [-0.3, -0.25) is 0 Å². The van der Waals surface area contributed by atoms with Crippen molar-refractivity contribution in [2.75, 3.05) is 6.61 Å². The first kappa shape index (κ1) is 13.6. The van der Waals surface area contributed by atoms with Crippen molar-refractivity contribution in [3.8, 4) is 0 Å². The lowest BCUT2D eigenvalue weighted by Gasteiger charge is -2.36. The van der Waals surface area contributed by atoms with Gasteiger partial charge in [0.15, 0.2) is 0 Å². The molecule has 1 aromatic rings. The van der Waals surface area contributed by atoms with E-state index in [0.29, 0.717) is 12.0 Å². The maximum Gasteiger partial charge on any atom is 0.0795 e. The van der Waals surface area contributed by atoms with E-state index in [1.807, 2.05) is 6.92 Å². The van der Waals surface area contributed by atoms with Gasteiger partial charge >= 0.3 is 0 Å². The largest absolute Gasteiger partial charge is 0.388 e. The molecule has 0 radical (unpaired) electrons. The summed E-state index contributed by atoms with van der Waals surface area (Å²) in [5.41, 5.74) is 3.50. The summed E-state index contributed by atoms with van der Waals surface area (Å²) in [5.74, 6) is 0.622. The van der Waals surface area contributed by atoms with E-state index in [9.17, 15) is 5.11 Å². The van der Waals surface area contributed by atoms with E-state index in [-0.39, 0.29) is 6.10 Å². The standard InChI is InChI=1S/C16H24O2/c1-4-18-14-8-13(9-14)10-16(17)15-7-11(2)5-6-12(15)3/h5-7,13-14,16-17H,4,8-10H2,1-3H3. The maximum absolute atomic E-state index is 10.3. The Morgan fingerprint density at radius 1 is 1.33 bits per heavy atom. The van der Waals surface area contributed by atoms with Gasteiger partial charge < -0.3 is 9.84 Å². The Morgan fingerprint density at radius 3 is 2.72 bits per heavy atom. The summed E-state index contributed by atoms with van der Waals surface area (Å²) in [6.07, 6.45) is 3.20. The predicted octanol–water partition coefficient (Wildman–Crippen LogP) is 3.54. The molecule has 1 atom stereocenters. The second-order valence-electron chi connectivity index (χ2n) is 5.53. The van der Waals surface area contributed by atoms with Crippen LogP contribution in [-0.2, 0) is 4.74 Å². The average Bonchev–Trinajstić information content (AvgIpc) is 2.29. The maximum atomic E-state index is 10.3. The van der Waals surface area contributed by atoms with Crippen LogP contribution < -0.4 is 0 Å². The quantitative estimate of drug-likeness (QED) is 0.863. The Kier molecular flexibility index (Phi) is 4.41. The van der Waals surface area contributed by atoms with Crippen molar-refractivity contribution in [1.82, 2.24) is 0 Å². The van der Waals surface area contributed by atoms with Crippen LogP contribution in [0, 0.1) is 19.8 Å². The Bertz CT molecular complexity index is 394. The van der Waals surface area contributed by atoms with Gasteiger partial charge in [-0.1, -0.05) is 23.8 Å². The molecule has 2 nitrogen and oxygen atoms in total. The predicted molar refractivity (Wildman–Crippen MR) is 73.6 cm³/mol. The Labute approximate surface area is 110 Å². The monoisotopic (exact) mass is 248 g/mol. The molecule has 1 fully saturated rings. The van der Waals surface area contributed by atoms with Gasteiger partial charge in [-0.05, 0) is 57.1 Å². The summed E-state index contributed by atoms with van der Waals surface area (Å²) in [4.78, 5) is 0. The van der Waals surface area contributed by atoms with Gasteiger partial charge in [0.05, 0.1) is 12.2 Å². The number of hydrogen-bond acceptors (Lipinski definition) is 2. The second-order valence-corrected chi connectivity index (χ2v) is 5.53. The van der Waals surface area contributed by atoms with Crippen molar-refractivity contribution in [2.45, 2.75) is 52.2 Å². The van der Waals surface area contributed by atoms with Crippen LogP contribution in [0.15, 0.2) is 18.2 Å². The molecule has 1 aliphatic rings. The molecule has 1 aromatic carbocycles. The van der Waals surface area contributed by atoms with Gasteiger partial charge in [-0.2, -0.15) is 0 Å². The van der Waals surface area contributed by atoms with E-state index in [2.05, 4.69) is 32.0 Å². The number of aliphatic hydroxyl groups is 1. The van der Waals surface area contributed by atoms with E-state index < -0.39 is 0 Å². The average molecular weight is 248 g/mol. The molecular weight excluding hydrogens is 224 g/mol. The fraction of sp³-hybridized carbons (Fsp3) is 0.625. The molecule has 1 N–H and O–H groups in total. The first-order valence-corrected chi connectivity index (χ1v) is 6.97. The molecule has 0 aromatic heterocycles. The topological polar surface area (TPSA) is 29.5 Å². The molecule has 1 unspecified atom stereocenters. The molecule has 2 rings (SSSR count). The third kappa shape index (κ3) is 3.12. The van der Waals surface area contributed by atoms with Crippen molar-refractivity contribution in [3.05, 3.63) is 34.9 Å². The minimum atomic E-state index is -0.322. The van der Waals surface area contributed by atoms with Crippen molar-refractivity contribution >= 4 is 0 Å². The summed E-state index contributed by atoms with van der Waals surface area (Å²) < 4.78 is 5.56. The van der Waals surface area contributed by atoms with E-state index in [4.69, 9.17) is 4.74 Å². The van der Waals surface area contributed by atoms with Crippen molar-refractivity contribution < 1.29 is 9.84 Å². The highest BCUT2D eigenvalue weighted by Crippen LogP contribution is 2.37. The van der Waals surface area contributed by atoms with Crippen LogP contribution in [0.1, 0.15) is 49.0 Å². The lowest BCUT2D eigenvalue weighted by molar-refractivity contribution is -0.0380. The highest BCUT2D eigenvalue weighted by Gasteiger charge is 2.31. The highest BCUT2D eigenvalue weighted by atomic mass is 16.5. The summed E-state index contributed by atoms with van der Waals surface area (Å²) in [7, 11) is 0.